The molecule has 1 heterocycles. The van der Waals surface area contributed by atoms with E-state index in [-0.39, 0.29) is 5.38 Å². The van der Waals surface area contributed by atoms with Crippen LogP contribution < -0.4 is 5.32 Å². The fourth-order valence-corrected chi connectivity index (χ4v) is 1.62. The van der Waals surface area contributed by atoms with Crippen LogP contribution in [0.15, 0.2) is 24.4 Å². The fraction of sp³-hybridized carbons (Fsp3) is 0.545. The lowest BCUT2D eigenvalue weighted by Gasteiger charge is -2.14. The number of pyridine rings is 1. The summed E-state index contributed by atoms with van der Waals surface area (Å²) in [6, 6.07) is 6.38. The highest BCUT2D eigenvalue weighted by atomic mass is 35.5. The van der Waals surface area contributed by atoms with Crippen LogP contribution in [0.2, 0.25) is 0 Å². The number of hydrogen-bond donors (Lipinski definition) is 1. The van der Waals surface area contributed by atoms with Crippen molar-refractivity contribution in [3.8, 4) is 0 Å². The first-order chi connectivity index (χ1) is 6.68. The van der Waals surface area contributed by atoms with Crippen molar-refractivity contribution in [2.75, 3.05) is 0 Å². The Morgan fingerprint density at radius 3 is 2.79 bits per heavy atom. The van der Waals surface area contributed by atoms with E-state index in [1.807, 2.05) is 31.3 Å². The van der Waals surface area contributed by atoms with Gasteiger partial charge in [0.05, 0.1) is 5.69 Å². The Morgan fingerprint density at radius 2 is 2.21 bits per heavy atom. The van der Waals surface area contributed by atoms with Gasteiger partial charge in [-0.2, -0.15) is 0 Å². The van der Waals surface area contributed by atoms with Crippen LogP contribution in [0.3, 0.4) is 0 Å². The molecule has 2 nitrogen and oxygen atoms in total. The number of alkyl halides is 1. The molecule has 0 aliphatic carbocycles. The molecule has 0 saturated heterocycles. The van der Waals surface area contributed by atoms with Crippen molar-refractivity contribution < 1.29 is 0 Å². The first kappa shape index (κ1) is 11.5. The average Bonchev–Trinajstić information content (AvgIpc) is 2.15. The Labute approximate surface area is 90.7 Å². The Kier molecular flexibility index (Phi) is 4.91. The van der Waals surface area contributed by atoms with Gasteiger partial charge < -0.3 is 5.32 Å². The summed E-state index contributed by atoms with van der Waals surface area (Å²) in [5, 5.41) is 3.61. The van der Waals surface area contributed by atoms with Gasteiger partial charge in [0.1, 0.15) is 0 Å². The minimum Gasteiger partial charge on any atom is -0.309 e. The lowest BCUT2D eigenvalue weighted by Crippen LogP contribution is -2.27. The van der Waals surface area contributed by atoms with Gasteiger partial charge in [0.25, 0.3) is 0 Å². The third kappa shape index (κ3) is 4.58. The summed E-state index contributed by atoms with van der Waals surface area (Å²) in [5.41, 5.74) is 1.07. The maximum absolute atomic E-state index is 5.90. The largest absolute Gasteiger partial charge is 0.309 e. The number of nitrogens with zero attached hydrogens (tertiary/aromatic N) is 1. The summed E-state index contributed by atoms with van der Waals surface area (Å²) < 4.78 is 0. The SMILES string of the molecule is CC(Cl)CC(C)NCc1ccccn1. The van der Waals surface area contributed by atoms with Crippen molar-refractivity contribution in [3.05, 3.63) is 30.1 Å². The molecule has 0 spiro atoms. The minimum absolute atomic E-state index is 0.223. The van der Waals surface area contributed by atoms with E-state index < -0.39 is 0 Å². The molecule has 1 aromatic rings. The number of hydrogen-bond acceptors (Lipinski definition) is 2. The van der Waals surface area contributed by atoms with Gasteiger partial charge in [0.15, 0.2) is 0 Å². The fourth-order valence-electron chi connectivity index (χ4n) is 1.35. The van der Waals surface area contributed by atoms with Crippen molar-refractivity contribution in [2.24, 2.45) is 0 Å². The molecule has 1 N–H and O–H groups in total. The molecule has 0 amide bonds. The van der Waals surface area contributed by atoms with Crippen LogP contribution in [0.25, 0.3) is 0 Å². The minimum atomic E-state index is 0.223. The first-order valence-electron chi connectivity index (χ1n) is 4.96. The van der Waals surface area contributed by atoms with Crippen molar-refractivity contribution >= 4 is 11.6 Å². The molecule has 1 aromatic heterocycles. The molecular formula is C11H17ClN2. The van der Waals surface area contributed by atoms with Crippen LogP contribution in [0.4, 0.5) is 0 Å². The smallest absolute Gasteiger partial charge is 0.0541 e. The number of halogens is 1. The van der Waals surface area contributed by atoms with Crippen molar-refractivity contribution in [3.63, 3.8) is 0 Å². The zero-order valence-electron chi connectivity index (χ0n) is 8.70. The molecule has 0 aliphatic rings. The third-order valence-electron chi connectivity index (χ3n) is 2.04. The van der Waals surface area contributed by atoms with Gasteiger partial charge in [0, 0.05) is 24.2 Å². The quantitative estimate of drug-likeness (QED) is 0.759. The standard InChI is InChI=1S/C11H17ClN2/c1-9(12)7-10(2)14-8-11-5-3-4-6-13-11/h3-6,9-10,14H,7-8H2,1-2H3. The lowest BCUT2D eigenvalue weighted by molar-refractivity contribution is 0.507. The first-order valence-corrected chi connectivity index (χ1v) is 5.39. The monoisotopic (exact) mass is 212 g/mol. The van der Waals surface area contributed by atoms with Crippen LogP contribution in [-0.4, -0.2) is 16.4 Å². The van der Waals surface area contributed by atoms with Gasteiger partial charge >= 0.3 is 0 Å². The summed E-state index contributed by atoms with van der Waals surface area (Å²) in [5.74, 6) is 0. The van der Waals surface area contributed by atoms with Crippen LogP contribution in [-0.2, 0) is 6.54 Å². The van der Waals surface area contributed by atoms with E-state index in [1.165, 1.54) is 0 Å². The Hall–Kier alpha value is -0.600. The summed E-state index contributed by atoms with van der Waals surface area (Å²) in [4.78, 5) is 4.23. The van der Waals surface area contributed by atoms with E-state index in [4.69, 9.17) is 11.6 Å². The summed E-state index contributed by atoms with van der Waals surface area (Å²) >= 11 is 5.90. The summed E-state index contributed by atoms with van der Waals surface area (Å²) in [6.07, 6.45) is 2.79. The second-order valence-corrected chi connectivity index (χ2v) is 4.36. The predicted molar refractivity (Wildman–Crippen MR) is 60.5 cm³/mol. The molecule has 1 rings (SSSR count). The predicted octanol–water partition coefficient (Wildman–Crippen LogP) is 2.58. The number of rotatable bonds is 5. The second-order valence-electron chi connectivity index (χ2n) is 3.62. The van der Waals surface area contributed by atoms with Crippen molar-refractivity contribution in [1.82, 2.24) is 10.3 Å². The third-order valence-corrected chi connectivity index (χ3v) is 2.21. The van der Waals surface area contributed by atoms with Gasteiger partial charge in [-0.3, -0.25) is 4.98 Å². The Morgan fingerprint density at radius 1 is 1.43 bits per heavy atom. The molecule has 0 aliphatic heterocycles. The molecule has 3 heteroatoms. The zero-order valence-corrected chi connectivity index (χ0v) is 9.46. The van der Waals surface area contributed by atoms with Crippen LogP contribution in [0.1, 0.15) is 26.0 Å². The molecule has 0 fully saturated rings. The van der Waals surface area contributed by atoms with Gasteiger partial charge in [-0.15, -0.1) is 11.6 Å². The zero-order chi connectivity index (χ0) is 10.4. The molecule has 0 bridgehead atoms. The molecule has 2 atom stereocenters. The highest BCUT2D eigenvalue weighted by molar-refractivity contribution is 6.20. The lowest BCUT2D eigenvalue weighted by atomic mass is 10.2. The van der Waals surface area contributed by atoms with E-state index in [2.05, 4.69) is 17.2 Å². The summed E-state index contributed by atoms with van der Waals surface area (Å²) in [7, 11) is 0. The van der Waals surface area contributed by atoms with Crippen LogP contribution in [0.5, 0.6) is 0 Å². The van der Waals surface area contributed by atoms with Crippen LogP contribution >= 0.6 is 11.6 Å². The highest BCUT2D eigenvalue weighted by Gasteiger charge is 2.05. The molecule has 0 aromatic carbocycles. The Bertz CT molecular complexity index is 249. The van der Waals surface area contributed by atoms with E-state index in [9.17, 15) is 0 Å². The van der Waals surface area contributed by atoms with Crippen molar-refractivity contribution in [2.45, 2.75) is 38.2 Å². The van der Waals surface area contributed by atoms with Gasteiger partial charge in [-0.05, 0) is 32.4 Å². The average molecular weight is 213 g/mol. The second kappa shape index (κ2) is 5.99. The normalized spacial score (nSPS) is 15.1. The number of aromatic nitrogens is 1. The molecule has 14 heavy (non-hydrogen) atoms. The summed E-state index contributed by atoms with van der Waals surface area (Å²) in [6.45, 7) is 4.97. The molecule has 0 radical (unpaired) electrons. The van der Waals surface area contributed by atoms with E-state index in [0.29, 0.717) is 6.04 Å². The van der Waals surface area contributed by atoms with Gasteiger partial charge in [-0.1, -0.05) is 6.07 Å². The Balaban J connectivity index is 2.27. The van der Waals surface area contributed by atoms with Gasteiger partial charge in [0.2, 0.25) is 0 Å². The maximum atomic E-state index is 5.90. The van der Waals surface area contributed by atoms with E-state index in [0.717, 1.165) is 18.7 Å². The van der Waals surface area contributed by atoms with E-state index >= 15 is 0 Å². The topological polar surface area (TPSA) is 24.9 Å². The molecular weight excluding hydrogens is 196 g/mol. The van der Waals surface area contributed by atoms with Gasteiger partial charge in [-0.25, -0.2) is 0 Å². The van der Waals surface area contributed by atoms with Crippen LogP contribution in [0, 0.1) is 0 Å². The highest BCUT2D eigenvalue weighted by Crippen LogP contribution is 2.04. The molecule has 78 valence electrons. The molecule has 0 saturated carbocycles. The van der Waals surface area contributed by atoms with E-state index in [1.54, 1.807) is 0 Å². The molecule has 2 unspecified atom stereocenters. The van der Waals surface area contributed by atoms with Crippen molar-refractivity contribution in [1.29, 1.82) is 0 Å². The maximum Gasteiger partial charge on any atom is 0.0541 e. The number of nitrogens with one attached hydrogen (secondary N) is 1.